The van der Waals surface area contributed by atoms with Crippen LogP contribution in [0.15, 0.2) is 53.4 Å². The lowest BCUT2D eigenvalue weighted by molar-refractivity contribution is 0.0655. The Morgan fingerprint density at radius 2 is 1.86 bits per heavy atom. The van der Waals surface area contributed by atoms with Gasteiger partial charge in [0.15, 0.2) is 0 Å². The van der Waals surface area contributed by atoms with E-state index >= 15 is 0 Å². The van der Waals surface area contributed by atoms with Gasteiger partial charge in [-0.25, -0.2) is 8.42 Å². The number of anilines is 1. The van der Waals surface area contributed by atoms with Gasteiger partial charge in [0, 0.05) is 31.2 Å². The number of piperazine rings is 1. The van der Waals surface area contributed by atoms with E-state index in [-0.39, 0.29) is 29.3 Å². The SMILES string of the molecule is COc1ccccc1NS(=O)(=O)c1ccc(C(=O)N2CCNCC2C)cc1.Cl. The highest BCUT2D eigenvalue weighted by Crippen LogP contribution is 2.26. The molecule has 152 valence electrons. The van der Waals surface area contributed by atoms with E-state index in [0.717, 1.165) is 13.1 Å². The Kier molecular flexibility index (Phi) is 7.29. The van der Waals surface area contributed by atoms with Crippen molar-refractivity contribution in [1.29, 1.82) is 0 Å². The van der Waals surface area contributed by atoms with Gasteiger partial charge < -0.3 is 15.0 Å². The molecule has 2 N–H and O–H groups in total. The first-order valence-corrected chi connectivity index (χ1v) is 10.2. The maximum Gasteiger partial charge on any atom is 0.262 e. The molecule has 0 radical (unpaired) electrons. The molecule has 0 aromatic heterocycles. The van der Waals surface area contributed by atoms with Crippen LogP contribution < -0.4 is 14.8 Å². The van der Waals surface area contributed by atoms with Crippen molar-refractivity contribution in [3.63, 3.8) is 0 Å². The Hall–Kier alpha value is -2.29. The molecule has 1 fully saturated rings. The van der Waals surface area contributed by atoms with Crippen LogP contribution in [0.5, 0.6) is 5.75 Å². The minimum Gasteiger partial charge on any atom is -0.495 e. The summed E-state index contributed by atoms with van der Waals surface area (Å²) in [4.78, 5) is 14.5. The zero-order chi connectivity index (χ0) is 19.4. The minimum absolute atomic E-state index is 0. The van der Waals surface area contributed by atoms with E-state index in [1.165, 1.54) is 19.2 Å². The number of nitrogens with zero attached hydrogens (tertiary/aromatic N) is 1. The summed E-state index contributed by atoms with van der Waals surface area (Å²) in [7, 11) is -2.31. The topological polar surface area (TPSA) is 87.7 Å². The Morgan fingerprint density at radius 1 is 1.18 bits per heavy atom. The van der Waals surface area contributed by atoms with Gasteiger partial charge in [0.25, 0.3) is 15.9 Å². The predicted molar refractivity (Wildman–Crippen MR) is 111 cm³/mol. The number of nitrogens with one attached hydrogen (secondary N) is 2. The van der Waals surface area contributed by atoms with Crippen LogP contribution >= 0.6 is 12.4 Å². The summed E-state index contributed by atoms with van der Waals surface area (Å²) in [6.07, 6.45) is 0. The maximum atomic E-state index is 12.7. The summed E-state index contributed by atoms with van der Waals surface area (Å²) >= 11 is 0. The normalized spacial score (nSPS) is 16.8. The van der Waals surface area contributed by atoms with Crippen LogP contribution in [-0.2, 0) is 10.0 Å². The molecule has 0 aliphatic carbocycles. The fourth-order valence-corrected chi connectivity index (χ4v) is 4.09. The number of para-hydroxylation sites is 2. The van der Waals surface area contributed by atoms with E-state index in [1.54, 1.807) is 41.3 Å². The number of halogens is 1. The third-order valence-electron chi connectivity index (χ3n) is 4.53. The van der Waals surface area contributed by atoms with E-state index < -0.39 is 10.0 Å². The molecule has 1 amide bonds. The fraction of sp³-hybridized carbons (Fsp3) is 0.316. The third kappa shape index (κ3) is 4.76. The lowest BCUT2D eigenvalue weighted by Crippen LogP contribution is -2.52. The smallest absolute Gasteiger partial charge is 0.262 e. The molecule has 1 atom stereocenters. The van der Waals surface area contributed by atoms with E-state index in [1.807, 2.05) is 6.92 Å². The first kappa shape index (κ1) is 22.0. The first-order valence-electron chi connectivity index (χ1n) is 8.70. The number of methoxy groups -OCH3 is 1. The number of hydrogen-bond donors (Lipinski definition) is 2. The number of benzene rings is 2. The van der Waals surface area contributed by atoms with Crippen LogP contribution in [0, 0.1) is 0 Å². The summed E-state index contributed by atoms with van der Waals surface area (Å²) in [5, 5.41) is 3.24. The van der Waals surface area contributed by atoms with Gasteiger partial charge in [0.05, 0.1) is 17.7 Å². The minimum atomic E-state index is -3.79. The van der Waals surface area contributed by atoms with Crippen LogP contribution in [0.25, 0.3) is 0 Å². The zero-order valence-electron chi connectivity index (χ0n) is 15.7. The quantitative estimate of drug-likeness (QED) is 0.767. The standard InChI is InChI=1S/C19H23N3O4S.ClH/c1-14-13-20-11-12-22(14)19(23)15-7-9-16(10-8-15)27(24,25)21-17-5-3-4-6-18(17)26-2;/h3-10,14,20-21H,11-13H2,1-2H3;1H. The highest BCUT2D eigenvalue weighted by atomic mass is 35.5. The molecular weight excluding hydrogens is 402 g/mol. The van der Waals surface area contributed by atoms with E-state index in [9.17, 15) is 13.2 Å². The second-order valence-electron chi connectivity index (χ2n) is 6.38. The molecule has 3 rings (SSSR count). The summed E-state index contributed by atoms with van der Waals surface area (Å²) < 4.78 is 33.0. The van der Waals surface area contributed by atoms with Gasteiger partial charge in [-0.2, -0.15) is 0 Å². The van der Waals surface area contributed by atoms with Crippen LogP contribution in [0.1, 0.15) is 17.3 Å². The number of carbonyl (C=O) groups excluding carboxylic acids is 1. The van der Waals surface area contributed by atoms with E-state index in [4.69, 9.17) is 4.74 Å². The van der Waals surface area contributed by atoms with Gasteiger partial charge >= 0.3 is 0 Å². The predicted octanol–water partition coefficient (Wildman–Crippen LogP) is 2.35. The fourth-order valence-electron chi connectivity index (χ4n) is 3.02. The van der Waals surface area contributed by atoms with Gasteiger partial charge in [0.1, 0.15) is 5.75 Å². The Bertz CT molecular complexity index is 919. The van der Waals surface area contributed by atoms with Crippen LogP contribution in [-0.4, -0.2) is 52.0 Å². The number of carbonyl (C=O) groups is 1. The largest absolute Gasteiger partial charge is 0.495 e. The number of ether oxygens (including phenoxy) is 1. The molecule has 1 unspecified atom stereocenters. The average molecular weight is 426 g/mol. The third-order valence-corrected chi connectivity index (χ3v) is 5.91. The molecular formula is C19H24ClN3O4S. The molecule has 0 saturated carbocycles. The van der Waals surface area contributed by atoms with E-state index in [0.29, 0.717) is 23.5 Å². The molecule has 0 bridgehead atoms. The summed E-state index contributed by atoms with van der Waals surface area (Å²) in [5.74, 6) is 0.339. The van der Waals surface area contributed by atoms with Gasteiger partial charge in [-0.15, -0.1) is 12.4 Å². The van der Waals surface area contributed by atoms with Crippen molar-refractivity contribution >= 4 is 34.0 Å². The average Bonchev–Trinajstić information content (AvgIpc) is 2.68. The number of rotatable bonds is 5. The van der Waals surface area contributed by atoms with Crippen molar-refractivity contribution < 1.29 is 17.9 Å². The summed E-state index contributed by atoms with van der Waals surface area (Å²) in [6, 6.07) is 12.9. The molecule has 1 saturated heterocycles. The molecule has 1 aliphatic heterocycles. The van der Waals surface area contributed by atoms with Crippen LogP contribution in [0.4, 0.5) is 5.69 Å². The summed E-state index contributed by atoms with van der Waals surface area (Å²) in [6.45, 7) is 4.13. The monoisotopic (exact) mass is 425 g/mol. The molecule has 0 spiro atoms. The Balaban J connectivity index is 0.00000280. The molecule has 2 aromatic rings. The summed E-state index contributed by atoms with van der Waals surface area (Å²) in [5.41, 5.74) is 0.829. The Morgan fingerprint density at radius 3 is 2.50 bits per heavy atom. The zero-order valence-corrected chi connectivity index (χ0v) is 17.3. The van der Waals surface area contributed by atoms with Crippen molar-refractivity contribution in [2.24, 2.45) is 0 Å². The van der Waals surface area contributed by atoms with Crippen molar-refractivity contribution in [3.8, 4) is 5.75 Å². The highest BCUT2D eigenvalue weighted by molar-refractivity contribution is 7.92. The van der Waals surface area contributed by atoms with Crippen molar-refractivity contribution in [2.45, 2.75) is 17.9 Å². The number of amides is 1. The molecule has 1 heterocycles. The van der Waals surface area contributed by atoms with Crippen LogP contribution in [0.2, 0.25) is 0 Å². The van der Waals surface area contributed by atoms with Crippen molar-refractivity contribution in [3.05, 3.63) is 54.1 Å². The Labute approximate surface area is 171 Å². The molecule has 9 heteroatoms. The lowest BCUT2D eigenvalue weighted by Gasteiger charge is -2.34. The second kappa shape index (κ2) is 9.27. The van der Waals surface area contributed by atoms with Crippen molar-refractivity contribution in [1.82, 2.24) is 10.2 Å². The number of hydrogen-bond acceptors (Lipinski definition) is 5. The van der Waals surface area contributed by atoms with Gasteiger partial charge in [-0.05, 0) is 43.3 Å². The lowest BCUT2D eigenvalue weighted by atomic mass is 10.1. The molecule has 28 heavy (non-hydrogen) atoms. The van der Waals surface area contributed by atoms with E-state index in [2.05, 4.69) is 10.0 Å². The van der Waals surface area contributed by atoms with Crippen molar-refractivity contribution in [2.75, 3.05) is 31.5 Å². The highest BCUT2D eigenvalue weighted by Gasteiger charge is 2.24. The first-order chi connectivity index (χ1) is 12.9. The van der Waals surface area contributed by atoms with Gasteiger partial charge in [-0.3, -0.25) is 9.52 Å². The van der Waals surface area contributed by atoms with Gasteiger partial charge in [-0.1, -0.05) is 12.1 Å². The molecule has 1 aliphatic rings. The molecule has 2 aromatic carbocycles. The second-order valence-corrected chi connectivity index (χ2v) is 8.06. The van der Waals surface area contributed by atoms with Crippen LogP contribution in [0.3, 0.4) is 0 Å². The van der Waals surface area contributed by atoms with Gasteiger partial charge in [0.2, 0.25) is 0 Å². The number of sulfonamides is 1. The molecule has 7 nitrogen and oxygen atoms in total. The maximum absolute atomic E-state index is 12.7.